The van der Waals surface area contributed by atoms with Crippen LogP contribution in [0.25, 0.3) is 10.9 Å². The minimum Gasteiger partial charge on any atom is -0.462 e. The van der Waals surface area contributed by atoms with Crippen molar-refractivity contribution in [3.63, 3.8) is 0 Å². The van der Waals surface area contributed by atoms with Crippen LogP contribution in [0.4, 0.5) is 0 Å². The average molecular weight is 469 g/mol. The van der Waals surface area contributed by atoms with Crippen molar-refractivity contribution in [3.8, 4) is 0 Å². The number of aromatic nitrogens is 1. The van der Waals surface area contributed by atoms with Crippen LogP contribution in [0.5, 0.6) is 0 Å². The molecule has 1 aromatic heterocycles. The number of aliphatic hydroxyl groups is 1. The highest BCUT2D eigenvalue weighted by Gasteiger charge is 2.27. The van der Waals surface area contributed by atoms with Crippen LogP contribution < -0.4 is 5.43 Å². The van der Waals surface area contributed by atoms with E-state index in [2.05, 4.69) is 22.6 Å². The molecule has 1 aromatic carbocycles. The van der Waals surface area contributed by atoms with Crippen molar-refractivity contribution in [2.24, 2.45) is 5.92 Å². The van der Waals surface area contributed by atoms with Gasteiger partial charge in [0.2, 0.25) is 5.43 Å². The summed E-state index contributed by atoms with van der Waals surface area (Å²) in [6.45, 7) is 1.92. The Morgan fingerprint density at radius 3 is 2.73 bits per heavy atom. The molecule has 1 N–H and O–H groups in total. The van der Waals surface area contributed by atoms with Crippen molar-refractivity contribution in [2.75, 3.05) is 13.2 Å². The zero-order valence-electron chi connectivity index (χ0n) is 14.9. The van der Waals surface area contributed by atoms with Crippen molar-refractivity contribution >= 4 is 39.5 Å². The van der Waals surface area contributed by atoms with E-state index in [1.165, 1.54) is 6.42 Å². The van der Waals surface area contributed by atoms with E-state index < -0.39 is 5.97 Å². The quantitative estimate of drug-likeness (QED) is 0.533. The number of pyridine rings is 1. The van der Waals surface area contributed by atoms with Gasteiger partial charge in [0.15, 0.2) is 0 Å². The lowest BCUT2D eigenvalue weighted by Gasteiger charge is -2.32. The molecule has 140 valence electrons. The summed E-state index contributed by atoms with van der Waals surface area (Å²) in [6, 6.07) is 5.50. The maximum atomic E-state index is 12.9. The first-order valence-corrected chi connectivity index (χ1v) is 10.3. The summed E-state index contributed by atoms with van der Waals surface area (Å²) in [5.74, 6) is -0.263. The lowest BCUT2D eigenvalue weighted by molar-refractivity contribution is 0.0523. The molecule has 5 nitrogen and oxygen atoms in total. The summed E-state index contributed by atoms with van der Waals surface area (Å²) < 4.78 is 7.94. The molecule has 2 aromatic rings. The number of benzene rings is 1. The number of nitrogens with zero attached hydrogens (tertiary/aromatic N) is 1. The first kappa shape index (κ1) is 19.4. The van der Waals surface area contributed by atoms with Gasteiger partial charge in [-0.3, -0.25) is 4.79 Å². The highest BCUT2D eigenvalue weighted by molar-refractivity contribution is 14.1. The van der Waals surface area contributed by atoms with Gasteiger partial charge in [-0.1, -0.05) is 19.3 Å². The van der Waals surface area contributed by atoms with Gasteiger partial charge in [0, 0.05) is 15.2 Å². The summed E-state index contributed by atoms with van der Waals surface area (Å²) in [5.41, 5.74) is 0.484. The second-order valence-corrected chi connectivity index (χ2v) is 8.05. The van der Waals surface area contributed by atoms with Crippen molar-refractivity contribution in [3.05, 3.63) is 43.8 Å². The van der Waals surface area contributed by atoms with Crippen molar-refractivity contribution < 1.29 is 14.6 Å². The summed E-state index contributed by atoms with van der Waals surface area (Å²) in [5, 5.41) is 10.6. The van der Waals surface area contributed by atoms with Gasteiger partial charge in [-0.25, -0.2) is 4.79 Å². The number of halogens is 1. The Labute approximate surface area is 166 Å². The van der Waals surface area contributed by atoms with Crippen molar-refractivity contribution in [1.29, 1.82) is 0 Å². The number of esters is 1. The van der Waals surface area contributed by atoms with E-state index in [4.69, 9.17) is 4.74 Å². The Morgan fingerprint density at radius 2 is 2.08 bits per heavy atom. The standard InChI is InChI=1S/C20H24INO4/c1-2-26-20(25)16-11-22(18(12-23)13-6-4-3-5-7-13)17-9-8-14(21)10-15(17)19(16)24/h8-11,13,18,23H,2-7,12H2,1H3/t18-/m1/s1. The SMILES string of the molecule is CCOC(=O)c1cn([C@H](CO)C2CCCCC2)c2ccc(I)cc2c1=O. The molecule has 1 heterocycles. The first-order chi connectivity index (χ1) is 12.6. The van der Waals surface area contributed by atoms with E-state index in [1.54, 1.807) is 19.2 Å². The van der Waals surface area contributed by atoms with E-state index in [0.717, 1.165) is 34.8 Å². The van der Waals surface area contributed by atoms with Crippen molar-refractivity contribution in [1.82, 2.24) is 4.57 Å². The first-order valence-electron chi connectivity index (χ1n) is 9.19. The highest BCUT2D eigenvalue weighted by Crippen LogP contribution is 2.34. The molecule has 0 unspecified atom stereocenters. The molecule has 1 aliphatic carbocycles. The van der Waals surface area contributed by atoms with Gasteiger partial charge >= 0.3 is 5.97 Å². The van der Waals surface area contributed by atoms with Gasteiger partial charge in [-0.2, -0.15) is 0 Å². The van der Waals surface area contributed by atoms with Gasteiger partial charge in [0.1, 0.15) is 5.56 Å². The van der Waals surface area contributed by atoms with E-state index in [9.17, 15) is 14.7 Å². The molecule has 1 atom stereocenters. The smallest absolute Gasteiger partial charge is 0.343 e. The third-order valence-electron chi connectivity index (χ3n) is 5.23. The van der Waals surface area contributed by atoms with Crippen LogP contribution in [0.3, 0.4) is 0 Å². The Balaban J connectivity index is 2.20. The molecule has 6 heteroatoms. The summed E-state index contributed by atoms with van der Waals surface area (Å²) >= 11 is 2.16. The number of aliphatic hydroxyl groups excluding tert-OH is 1. The van der Waals surface area contributed by atoms with Crippen LogP contribution in [0.2, 0.25) is 0 Å². The van der Waals surface area contributed by atoms with Gasteiger partial charge in [-0.05, 0) is 66.5 Å². The second-order valence-electron chi connectivity index (χ2n) is 6.81. The zero-order valence-corrected chi connectivity index (χ0v) is 17.1. The number of carbonyl (C=O) groups is 1. The minimum absolute atomic E-state index is 0.0170. The maximum Gasteiger partial charge on any atom is 0.343 e. The van der Waals surface area contributed by atoms with Gasteiger partial charge in [0.25, 0.3) is 0 Å². The largest absolute Gasteiger partial charge is 0.462 e. The van der Waals surface area contributed by atoms with Crippen LogP contribution in [0.1, 0.15) is 55.4 Å². The second kappa shape index (κ2) is 8.52. The predicted molar refractivity (Wildman–Crippen MR) is 110 cm³/mol. The number of hydrogen-bond acceptors (Lipinski definition) is 4. The Morgan fingerprint density at radius 1 is 1.35 bits per heavy atom. The molecule has 0 spiro atoms. The Bertz CT molecular complexity index is 855. The lowest BCUT2D eigenvalue weighted by Crippen LogP contribution is -2.29. The zero-order chi connectivity index (χ0) is 18.7. The molecule has 0 saturated heterocycles. The van der Waals surface area contributed by atoms with E-state index in [0.29, 0.717) is 11.3 Å². The maximum absolute atomic E-state index is 12.9. The molecule has 0 amide bonds. The third-order valence-corrected chi connectivity index (χ3v) is 5.90. The van der Waals surface area contributed by atoms with Gasteiger partial charge in [-0.15, -0.1) is 0 Å². The lowest BCUT2D eigenvalue weighted by atomic mass is 9.83. The molecule has 3 rings (SSSR count). The van der Waals surface area contributed by atoms with Crippen molar-refractivity contribution in [2.45, 2.75) is 45.1 Å². The van der Waals surface area contributed by atoms with Crippen LogP contribution in [-0.2, 0) is 4.74 Å². The molecule has 1 aliphatic rings. The number of carbonyl (C=O) groups excluding carboxylic acids is 1. The van der Waals surface area contributed by atoms with Gasteiger partial charge < -0.3 is 14.4 Å². The molecule has 0 aliphatic heterocycles. The monoisotopic (exact) mass is 469 g/mol. The van der Waals surface area contributed by atoms with Crippen LogP contribution >= 0.6 is 22.6 Å². The molecule has 1 fully saturated rings. The summed E-state index contributed by atoms with van der Waals surface area (Å²) in [7, 11) is 0. The number of ether oxygens (including phenoxy) is 1. The van der Waals surface area contributed by atoms with E-state index in [1.807, 2.05) is 16.7 Å². The summed E-state index contributed by atoms with van der Waals surface area (Å²) in [6.07, 6.45) is 7.23. The van der Waals surface area contributed by atoms with Crippen LogP contribution in [0.15, 0.2) is 29.2 Å². The fraction of sp³-hybridized carbons (Fsp3) is 0.500. The fourth-order valence-corrected chi connectivity index (χ4v) is 4.43. The van der Waals surface area contributed by atoms with E-state index >= 15 is 0 Å². The molecule has 0 radical (unpaired) electrons. The highest BCUT2D eigenvalue weighted by atomic mass is 127. The minimum atomic E-state index is -0.604. The molecule has 26 heavy (non-hydrogen) atoms. The topological polar surface area (TPSA) is 68.5 Å². The molecular weight excluding hydrogens is 445 g/mol. The Hall–Kier alpha value is -1.41. The van der Waals surface area contributed by atoms with Crippen LogP contribution in [0, 0.1) is 9.49 Å². The number of fused-ring (bicyclic) bond motifs is 1. The normalized spacial score (nSPS) is 16.6. The van der Waals surface area contributed by atoms with Gasteiger partial charge in [0.05, 0.1) is 24.8 Å². The molecular formula is C20H24INO4. The summed E-state index contributed by atoms with van der Waals surface area (Å²) in [4.78, 5) is 25.2. The van der Waals surface area contributed by atoms with E-state index in [-0.39, 0.29) is 30.2 Å². The predicted octanol–water partition coefficient (Wildman–Crippen LogP) is 3.90. The number of rotatable bonds is 5. The average Bonchev–Trinajstić information content (AvgIpc) is 2.65. The molecule has 0 bridgehead atoms. The Kier molecular flexibility index (Phi) is 6.34. The third kappa shape index (κ3) is 3.81. The number of hydrogen-bond donors (Lipinski definition) is 1. The van der Waals surface area contributed by atoms with Crippen LogP contribution in [-0.4, -0.2) is 28.9 Å². The molecule has 1 saturated carbocycles. The fourth-order valence-electron chi connectivity index (χ4n) is 3.94.